The lowest BCUT2D eigenvalue weighted by atomic mass is 9.98. The van der Waals surface area contributed by atoms with E-state index >= 15 is 0 Å². The van der Waals surface area contributed by atoms with Gasteiger partial charge in [-0.3, -0.25) is 4.79 Å². The van der Waals surface area contributed by atoms with E-state index in [-0.39, 0.29) is 10.7 Å². The van der Waals surface area contributed by atoms with Gasteiger partial charge in [0.2, 0.25) is 20.9 Å². The zero-order valence-electron chi connectivity index (χ0n) is 15.6. The fraction of sp³-hybridized carbons (Fsp3) is 0.200. The van der Waals surface area contributed by atoms with Crippen LogP contribution in [-0.2, 0) is 19.5 Å². The van der Waals surface area contributed by atoms with Crippen LogP contribution in [0.4, 0.5) is 4.39 Å². The molecule has 0 saturated heterocycles. The standard InChI is InChI=1S/C20H15FN2O5S2/c1-27-12-3-5-13(6-4-12)30(25,26)17(9-22)19(24)20-15-10-29-16-7-2-11(21)8-14(16)18(15)23-28-20/h2-8,17-18,23H,10H2,1H3. The fourth-order valence-electron chi connectivity index (χ4n) is 3.32. The molecule has 2 unspecified atom stereocenters. The summed E-state index contributed by atoms with van der Waals surface area (Å²) in [6.07, 6.45) is 0. The Hall–Kier alpha value is -2.87. The van der Waals surface area contributed by atoms with Gasteiger partial charge in [0.05, 0.1) is 24.1 Å². The van der Waals surface area contributed by atoms with E-state index in [2.05, 4.69) is 5.48 Å². The third-order valence-corrected chi connectivity index (χ3v) is 7.87. The van der Waals surface area contributed by atoms with Crippen LogP contribution in [-0.4, -0.2) is 32.3 Å². The predicted octanol–water partition coefficient (Wildman–Crippen LogP) is 2.71. The molecule has 0 amide bonds. The second-order valence-electron chi connectivity index (χ2n) is 6.57. The van der Waals surface area contributed by atoms with Crippen molar-refractivity contribution in [1.82, 2.24) is 5.48 Å². The van der Waals surface area contributed by atoms with Crippen LogP contribution in [0.5, 0.6) is 5.75 Å². The average molecular weight is 446 g/mol. The molecule has 2 heterocycles. The summed E-state index contributed by atoms with van der Waals surface area (Å²) in [6, 6.07) is 10.7. The molecule has 0 saturated carbocycles. The monoisotopic (exact) mass is 446 g/mol. The summed E-state index contributed by atoms with van der Waals surface area (Å²) in [5.74, 6) is -0.827. The molecule has 2 aliphatic heterocycles. The van der Waals surface area contributed by atoms with Crippen LogP contribution in [0.2, 0.25) is 0 Å². The summed E-state index contributed by atoms with van der Waals surface area (Å²) < 4.78 is 44.6. The molecule has 0 bridgehead atoms. The van der Waals surface area contributed by atoms with Gasteiger partial charge in [0.1, 0.15) is 11.6 Å². The van der Waals surface area contributed by atoms with Gasteiger partial charge in [-0.2, -0.15) is 5.26 Å². The highest BCUT2D eigenvalue weighted by molar-refractivity contribution is 7.99. The van der Waals surface area contributed by atoms with Crippen LogP contribution in [0.15, 0.2) is 63.6 Å². The maximum Gasteiger partial charge on any atom is 0.232 e. The minimum absolute atomic E-state index is 0.179. The molecule has 4 rings (SSSR count). The molecule has 0 fully saturated rings. The lowest BCUT2D eigenvalue weighted by Gasteiger charge is -2.22. The highest BCUT2D eigenvalue weighted by Crippen LogP contribution is 2.44. The first kappa shape index (κ1) is 20.4. The van der Waals surface area contributed by atoms with Crippen molar-refractivity contribution >= 4 is 27.4 Å². The number of Topliss-reactive ketones (excluding diaryl/α,β-unsaturated/α-hetero) is 1. The molecule has 7 nitrogen and oxygen atoms in total. The molecular formula is C20H15FN2O5S2. The Balaban J connectivity index is 1.69. The van der Waals surface area contributed by atoms with E-state index in [9.17, 15) is 22.9 Å². The molecule has 0 spiro atoms. The highest BCUT2D eigenvalue weighted by Gasteiger charge is 2.43. The summed E-state index contributed by atoms with van der Waals surface area (Å²) in [5, 5.41) is 7.54. The maximum atomic E-state index is 13.7. The number of halogens is 1. The van der Waals surface area contributed by atoms with E-state index in [1.165, 1.54) is 55.3 Å². The number of hydrogen-bond donors (Lipinski definition) is 1. The van der Waals surface area contributed by atoms with Crippen LogP contribution in [0, 0.1) is 17.1 Å². The molecular weight excluding hydrogens is 431 g/mol. The largest absolute Gasteiger partial charge is 0.497 e. The Labute approximate surface area is 176 Å². The zero-order valence-corrected chi connectivity index (χ0v) is 17.2. The number of carbonyl (C=O) groups excluding carboxylic acids is 1. The number of nitriles is 1. The normalized spacial score (nSPS) is 18.6. The molecule has 2 aliphatic rings. The number of ether oxygens (including phenoxy) is 1. The number of rotatable bonds is 5. The Morgan fingerprint density at radius 1 is 1.33 bits per heavy atom. The van der Waals surface area contributed by atoms with Crippen LogP contribution in [0.3, 0.4) is 0 Å². The molecule has 2 aromatic carbocycles. The van der Waals surface area contributed by atoms with Gasteiger partial charge in [0.15, 0.2) is 5.76 Å². The van der Waals surface area contributed by atoms with Crippen LogP contribution < -0.4 is 10.2 Å². The number of hydrogen-bond acceptors (Lipinski definition) is 8. The summed E-state index contributed by atoms with van der Waals surface area (Å²) in [4.78, 5) is 19.0. The predicted molar refractivity (Wildman–Crippen MR) is 106 cm³/mol. The number of ketones is 1. The number of carbonyl (C=O) groups is 1. The van der Waals surface area contributed by atoms with E-state index in [0.717, 1.165) is 4.90 Å². The van der Waals surface area contributed by atoms with Crippen molar-refractivity contribution in [2.24, 2.45) is 0 Å². The smallest absolute Gasteiger partial charge is 0.232 e. The summed E-state index contributed by atoms with van der Waals surface area (Å²) >= 11 is 1.38. The van der Waals surface area contributed by atoms with Crippen LogP contribution in [0.25, 0.3) is 0 Å². The molecule has 2 aromatic rings. The number of nitrogens with zero attached hydrogens (tertiary/aromatic N) is 1. The van der Waals surface area contributed by atoms with Gasteiger partial charge in [-0.1, -0.05) is 0 Å². The second kappa shape index (κ2) is 7.75. The number of benzene rings is 2. The second-order valence-corrected chi connectivity index (χ2v) is 9.62. The third kappa shape index (κ3) is 3.35. The number of methoxy groups -OCH3 is 1. The maximum absolute atomic E-state index is 13.7. The molecule has 0 radical (unpaired) electrons. The first-order valence-corrected chi connectivity index (χ1v) is 11.3. The van der Waals surface area contributed by atoms with Gasteiger partial charge in [-0.15, -0.1) is 17.2 Å². The number of sulfone groups is 1. The molecule has 154 valence electrons. The first-order chi connectivity index (χ1) is 14.4. The Morgan fingerprint density at radius 3 is 2.73 bits per heavy atom. The average Bonchev–Trinajstić information content (AvgIpc) is 3.18. The summed E-state index contributed by atoms with van der Waals surface area (Å²) in [6.45, 7) is 0. The fourth-order valence-corrected chi connectivity index (χ4v) is 5.75. The summed E-state index contributed by atoms with van der Waals surface area (Å²) in [5.41, 5.74) is 3.74. The lowest BCUT2D eigenvalue weighted by Crippen LogP contribution is -2.31. The minimum Gasteiger partial charge on any atom is -0.497 e. The first-order valence-electron chi connectivity index (χ1n) is 8.76. The van der Waals surface area contributed by atoms with Gasteiger partial charge < -0.3 is 9.57 Å². The SMILES string of the molecule is COc1ccc(S(=O)(=O)C(C#N)C(=O)C2=C3CSc4ccc(F)cc4C3NO2)cc1. The molecule has 2 atom stereocenters. The number of nitrogens with one attached hydrogen (secondary N) is 1. The number of allylic oxidation sites excluding steroid dienone is 1. The topological polar surface area (TPSA) is 105 Å². The van der Waals surface area contributed by atoms with Crippen molar-refractivity contribution < 1.29 is 27.2 Å². The van der Waals surface area contributed by atoms with E-state index in [1.54, 1.807) is 12.1 Å². The van der Waals surface area contributed by atoms with Crippen LogP contribution >= 0.6 is 11.8 Å². The van der Waals surface area contributed by atoms with E-state index in [0.29, 0.717) is 22.6 Å². The van der Waals surface area contributed by atoms with Crippen molar-refractivity contribution in [3.63, 3.8) is 0 Å². The van der Waals surface area contributed by atoms with Crippen molar-refractivity contribution in [3.8, 4) is 11.8 Å². The van der Waals surface area contributed by atoms with Gasteiger partial charge in [0.25, 0.3) is 0 Å². The molecule has 10 heteroatoms. The zero-order chi connectivity index (χ0) is 21.5. The van der Waals surface area contributed by atoms with Gasteiger partial charge in [0, 0.05) is 16.2 Å². The Morgan fingerprint density at radius 2 is 2.07 bits per heavy atom. The van der Waals surface area contributed by atoms with Crippen molar-refractivity contribution in [2.45, 2.75) is 21.1 Å². The van der Waals surface area contributed by atoms with Gasteiger partial charge in [-0.25, -0.2) is 12.8 Å². The summed E-state index contributed by atoms with van der Waals surface area (Å²) in [7, 11) is -2.86. The third-order valence-electron chi connectivity index (χ3n) is 4.86. The molecule has 30 heavy (non-hydrogen) atoms. The van der Waals surface area contributed by atoms with Gasteiger partial charge in [-0.05, 0) is 48.0 Å². The quantitative estimate of drug-likeness (QED) is 0.747. The van der Waals surface area contributed by atoms with Gasteiger partial charge >= 0.3 is 0 Å². The van der Waals surface area contributed by atoms with Crippen molar-refractivity contribution in [2.75, 3.05) is 12.9 Å². The van der Waals surface area contributed by atoms with Crippen molar-refractivity contribution in [3.05, 3.63) is 65.2 Å². The molecule has 1 N–H and O–H groups in total. The molecule has 0 aliphatic carbocycles. The van der Waals surface area contributed by atoms with E-state index in [4.69, 9.17) is 9.57 Å². The number of hydroxylamine groups is 1. The van der Waals surface area contributed by atoms with E-state index < -0.39 is 32.7 Å². The highest BCUT2D eigenvalue weighted by atomic mass is 32.2. The van der Waals surface area contributed by atoms with E-state index in [1.807, 2.05) is 0 Å². The number of thioether (sulfide) groups is 1. The van der Waals surface area contributed by atoms with Crippen LogP contribution in [0.1, 0.15) is 11.6 Å². The number of fused-ring (bicyclic) bond motifs is 3. The Bertz CT molecular complexity index is 1200. The molecule has 0 aromatic heterocycles. The lowest BCUT2D eigenvalue weighted by molar-refractivity contribution is -0.118. The minimum atomic E-state index is -4.29. The van der Waals surface area contributed by atoms with Crippen molar-refractivity contribution in [1.29, 1.82) is 5.26 Å². The Kier molecular flexibility index (Phi) is 5.27.